The molecule has 98 valence electrons. The zero-order valence-electron chi connectivity index (χ0n) is 11.4. The number of nitrogens with zero attached hydrogens (tertiary/aromatic N) is 3. The molecule has 1 saturated heterocycles. The Morgan fingerprint density at radius 3 is 3.11 bits per heavy atom. The molecular formula is C14H22N4. The highest BCUT2D eigenvalue weighted by molar-refractivity contribution is 5.35. The number of anilines is 1. The van der Waals surface area contributed by atoms with Crippen LogP contribution in [0.25, 0.3) is 0 Å². The van der Waals surface area contributed by atoms with Crippen molar-refractivity contribution < 1.29 is 0 Å². The molecule has 1 fully saturated rings. The van der Waals surface area contributed by atoms with Gasteiger partial charge in [-0.3, -0.25) is 0 Å². The van der Waals surface area contributed by atoms with E-state index in [1.54, 1.807) is 0 Å². The first-order valence-corrected chi connectivity index (χ1v) is 6.95. The molecule has 0 spiro atoms. The fraction of sp³-hybridized carbons (Fsp3) is 0.714. The van der Waals surface area contributed by atoms with Crippen molar-refractivity contribution in [3.63, 3.8) is 0 Å². The minimum atomic E-state index is 0.388. The van der Waals surface area contributed by atoms with Gasteiger partial charge in [0.25, 0.3) is 0 Å². The van der Waals surface area contributed by atoms with Crippen LogP contribution in [0.2, 0.25) is 0 Å². The van der Waals surface area contributed by atoms with Crippen molar-refractivity contribution in [2.45, 2.75) is 39.7 Å². The maximum atomic E-state index is 4.78. The van der Waals surface area contributed by atoms with Crippen molar-refractivity contribution in [3.8, 4) is 0 Å². The van der Waals surface area contributed by atoms with Crippen LogP contribution < -0.4 is 10.2 Å². The van der Waals surface area contributed by atoms with Gasteiger partial charge in [-0.25, -0.2) is 9.97 Å². The smallest absolute Gasteiger partial charge is 0.225 e. The fourth-order valence-electron chi connectivity index (χ4n) is 2.97. The van der Waals surface area contributed by atoms with Crippen molar-refractivity contribution in [1.29, 1.82) is 0 Å². The predicted octanol–water partition coefficient (Wildman–Crippen LogP) is 1.75. The first-order valence-electron chi connectivity index (χ1n) is 6.95. The standard InChI is InChI=1S/C14H22N4/c1-14(2)5-3-7-18(10-14)13-16-9-11-8-15-6-4-12(11)17-13/h9,15H,3-8,10H2,1-2H3. The van der Waals surface area contributed by atoms with Crippen molar-refractivity contribution in [1.82, 2.24) is 15.3 Å². The largest absolute Gasteiger partial charge is 0.340 e. The molecule has 0 saturated carbocycles. The lowest BCUT2D eigenvalue weighted by atomic mass is 9.84. The lowest BCUT2D eigenvalue weighted by molar-refractivity contribution is 0.290. The molecule has 1 aromatic heterocycles. The van der Waals surface area contributed by atoms with Gasteiger partial charge in [-0.1, -0.05) is 13.8 Å². The van der Waals surface area contributed by atoms with Crippen molar-refractivity contribution in [2.24, 2.45) is 5.41 Å². The number of hydrogen-bond donors (Lipinski definition) is 1. The summed E-state index contributed by atoms with van der Waals surface area (Å²) in [6, 6.07) is 0. The molecule has 3 heterocycles. The molecule has 0 aromatic carbocycles. The van der Waals surface area contributed by atoms with Crippen LogP contribution in [0, 0.1) is 5.41 Å². The summed E-state index contributed by atoms with van der Waals surface area (Å²) in [5.41, 5.74) is 2.89. The highest BCUT2D eigenvalue weighted by atomic mass is 15.3. The van der Waals surface area contributed by atoms with E-state index >= 15 is 0 Å². The molecule has 3 rings (SSSR count). The van der Waals surface area contributed by atoms with Gasteiger partial charge in [-0.15, -0.1) is 0 Å². The predicted molar refractivity (Wildman–Crippen MR) is 72.7 cm³/mol. The minimum absolute atomic E-state index is 0.388. The van der Waals surface area contributed by atoms with E-state index in [-0.39, 0.29) is 0 Å². The second kappa shape index (κ2) is 4.50. The SMILES string of the molecule is CC1(C)CCCN(c2ncc3c(n2)CCNC3)C1. The van der Waals surface area contributed by atoms with Crippen LogP contribution in [-0.4, -0.2) is 29.6 Å². The van der Waals surface area contributed by atoms with Crippen LogP contribution in [-0.2, 0) is 13.0 Å². The topological polar surface area (TPSA) is 41.1 Å². The van der Waals surface area contributed by atoms with E-state index in [1.165, 1.54) is 24.1 Å². The maximum absolute atomic E-state index is 4.78. The van der Waals surface area contributed by atoms with Crippen LogP contribution in [0.15, 0.2) is 6.20 Å². The van der Waals surface area contributed by atoms with Gasteiger partial charge in [-0.2, -0.15) is 0 Å². The number of piperidine rings is 1. The molecule has 0 radical (unpaired) electrons. The van der Waals surface area contributed by atoms with Gasteiger partial charge >= 0.3 is 0 Å². The monoisotopic (exact) mass is 246 g/mol. The Balaban J connectivity index is 1.83. The third kappa shape index (κ3) is 2.34. The fourth-order valence-corrected chi connectivity index (χ4v) is 2.97. The summed E-state index contributed by atoms with van der Waals surface area (Å²) in [5.74, 6) is 0.934. The van der Waals surface area contributed by atoms with Gasteiger partial charge in [0.2, 0.25) is 5.95 Å². The van der Waals surface area contributed by atoms with E-state index in [9.17, 15) is 0 Å². The summed E-state index contributed by atoms with van der Waals surface area (Å²) in [4.78, 5) is 11.7. The van der Waals surface area contributed by atoms with Gasteiger partial charge in [0.1, 0.15) is 0 Å². The lowest BCUT2D eigenvalue weighted by Crippen LogP contribution is -2.41. The Kier molecular flexibility index (Phi) is 2.98. The molecule has 0 aliphatic carbocycles. The summed E-state index contributed by atoms with van der Waals surface area (Å²) in [6.45, 7) is 8.80. The van der Waals surface area contributed by atoms with Gasteiger partial charge in [0, 0.05) is 44.4 Å². The van der Waals surface area contributed by atoms with Crippen molar-refractivity contribution in [3.05, 3.63) is 17.5 Å². The Hall–Kier alpha value is -1.16. The minimum Gasteiger partial charge on any atom is -0.340 e. The zero-order valence-corrected chi connectivity index (χ0v) is 11.4. The average Bonchev–Trinajstić information content (AvgIpc) is 2.37. The number of hydrogen-bond acceptors (Lipinski definition) is 4. The molecule has 1 aromatic rings. The quantitative estimate of drug-likeness (QED) is 0.819. The van der Waals surface area contributed by atoms with Crippen LogP contribution in [0.3, 0.4) is 0 Å². The van der Waals surface area contributed by atoms with E-state index in [1.807, 2.05) is 6.20 Å². The van der Waals surface area contributed by atoms with Crippen molar-refractivity contribution in [2.75, 3.05) is 24.5 Å². The lowest BCUT2D eigenvalue weighted by Gasteiger charge is -2.38. The van der Waals surface area contributed by atoms with Crippen molar-refractivity contribution >= 4 is 5.95 Å². The van der Waals surface area contributed by atoms with E-state index in [2.05, 4.69) is 29.0 Å². The van der Waals surface area contributed by atoms with Gasteiger partial charge in [0.05, 0.1) is 5.69 Å². The highest BCUT2D eigenvalue weighted by Gasteiger charge is 2.28. The Morgan fingerprint density at radius 1 is 1.39 bits per heavy atom. The van der Waals surface area contributed by atoms with E-state index in [0.717, 1.165) is 38.5 Å². The number of fused-ring (bicyclic) bond motifs is 1. The summed E-state index contributed by atoms with van der Waals surface area (Å²) in [6.07, 6.45) is 5.58. The number of nitrogens with one attached hydrogen (secondary N) is 1. The number of rotatable bonds is 1. The van der Waals surface area contributed by atoms with Crippen LogP contribution in [0.1, 0.15) is 37.9 Å². The molecule has 1 N–H and O–H groups in total. The van der Waals surface area contributed by atoms with Gasteiger partial charge in [-0.05, 0) is 18.3 Å². The molecule has 4 heteroatoms. The molecular weight excluding hydrogens is 224 g/mol. The van der Waals surface area contributed by atoms with Gasteiger partial charge in [0.15, 0.2) is 0 Å². The zero-order chi connectivity index (χ0) is 12.6. The van der Waals surface area contributed by atoms with Gasteiger partial charge < -0.3 is 10.2 Å². The summed E-state index contributed by atoms with van der Waals surface area (Å²) < 4.78 is 0. The Bertz CT molecular complexity index is 441. The average molecular weight is 246 g/mol. The molecule has 2 aliphatic rings. The molecule has 18 heavy (non-hydrogen) atoms. The summed E-state index contributed by atoms with van der Waals surface area (Å²) >= 11 is 0. The highest BCUT2D eigenvalue weighted by Crippen LogP contribution is 2.30. The van der Waals surface area contributed by atoms with Crippen LogP contribution in [0.5, 0.6) is 0 Å². The first kappa shape index (κ1) is 11.9. The Morgan fingerprint density at radius 2 is 2.28 bits per heavy atom. The van der Waals surface area contributed by atoms with E-state index in [4.69, 9.17) is 4.98 Å². The first-order chi connectivity index (χ1) is 8.64. The van der Waals surface area contributed by atoms with E-state index in [0.29, 0.717) is 5.41 Å². The molecule has 4 nitrogen and oxygen atoms in total. The maximum Gasteiger partial charge on any atom is 0.225 e. The summed E-state index contributed by atoms with van der Waals surface area (Å²) in [5, 5.41) is 3.36. The normalized spacial score (nSPS) is 22.7. The van der Waals surface area contributed by atoms with Crippen LogP contribution >= 0.6 is 0 Å². The third-order valence-electron chi connectivity index (χ3n) is 3.98. The third-order valence-corrected chi connectivity index (χ3v) is 3.98. The Labute approximate surface area is 109 Å². The molecule has 0 bridgehead atoms. The molecule has 0 amide bonds. The molecule has 0 atom stereocenters. The second-order valence-corrected chi connectivity index (χ2v) is 6.26. The number of aromatic nitrogens is 2. The molecule has 0 unspecified atom stereocenters. The van der Waals surface area contributed by atoms with E-state index < -0.39 is 0 Å². The molecule has 2 aliphatic heterocycles. The summed E-state index contributed by atoms with van der Waals surface area (Å²) in [7, 11) is 0. The van der Waals surface area contributed by atoms with Crippen LogP contribution in [0.4, 0.5) is 5.95 Å². The second-order valence-electron chi connectivity index (χ2n) is 6.26.